The molecule has 3 rings (SSSR count). The fourth-order valence-electron chi connectivity index (χ4n) is 2.56. The van der Waals surface area contributed by atoms with Gasteiger partial charge in [-0.15, -0.1) is 0 Å². The molecule has 0 bridgehead atoms. The lowest BCUT2D eigenvalue weighted by atomic mass is 10.1. The third-order valence-corrected chi connectivity index (χ3v) is 5.23. The second-order valence-electron chi connectivity index (χ2n) is 5.85. The van der Waals surface area contributed by atoms with Crippen molar-refractivity contribution in [2.45, 2.75) is 18.0 Å². The topological polar surface area (TPSA) is 81.4 Å². The Morgan fingerprint density at radius 3 is 2.43 bits per heavy atom. The van der Waals surface area contributed by atoms with Crippen LogP contribution in [0.25, 0.3) is 11.3 Å². The van der Waals surface area contributed by atoms with Crippen molar-refractivity contribution in [2.24, 2.45) is 0 Å². The number of aryl methyl sites for hydroxylation is 1. The number of hydrogen-bond acceptors (Lipinski definition) is 5. The predicted octanol–water partition coefficient (Wildman–Crippen LogP) is 4.48. The van der Waals surface area contributed by atoms with E-state index in [1.54, 1.807) is 19.1 Å². The van der Waals surface area contributed by atoms with Crippen molar-refractivity contribution in [1.29, 1.82) is 0 Å². The van der Waals surface area contributed by atoms with Crippen LogP contribution in [0.3, 0.4) is 0 Å². The zero-order valence-electron chi connectivity index (χ0n) is 14.7. The minimum Gasteiger partial charge on any atom is -0.495 e. The zero-order valence-corrected chi connectivity index (χ0v) is 15.6. The van der Waals surface area contributed by atoms with Crippen LogP contribution in [0.2, 0.25) is 0 Å². The van der Waals surface area contributed by atoms with E-state index in [-0.39, 0.29) is 10.6 Å². The van der Waals surface area contributed by atoms with Crippen molar-refractivity contribution >= 4 is 15.7 Å². The van der Waals surface area contributed by atoms with E-state index >= 15 is 0 Å². The Bertz CT molecular complexity index is 1110. The molecule has 0 unspecified atom stereocenters. The highest BCUT2D eigenvalue weighted by molar-refractivity contribution is 7.92. The fraction of sp³-hybridized carbons (Fsp3) is 0.167. The van der Waals surface area contributed by atoms with E-state index in [1.807, 2.05) is 4.72 Å². The fourth-order valence-corrected chi connectivity index (χ4v) is 3.83. The minimum atomic E-state index is -4.72. The zero-order chi connectivity index (χ0) is 20.5. The number of ether oxygens (including phenoxy) is 1. The Morgan fingerprint density at radius 2 is 1.82 bits per heavy atom. The first-order valence-electron chi connectivity index (χ1n) is 7.92. The van der Waals surface area contributed by atoms with Crippen LogP contribution in [-0.2, 0) is 16.2 Å². The van der Waals surface area contributed by atoms with Gasteiger partial charge in [-0.2, -0.15) is 13.2 Å². The van der Waals surface area contributed by atoms with Crippen LogP contribution in [0, 0.1) is 6.92 Å². The van der Waals surface area contributed by atoms with Crippen molar-refractivity contribution in [3.05, 3.63) is 59.8 Å². The molecule has 0 saturated carbocycles. The molecule has 10 heteroatoms. The maximum atomic E-state index is 13.2. The SMILES string of the molecule is COc1ccc(-c2cc(C)no2)cc1S(=O)(=O)Nc1ccccc1C(F)(F)F. The van der Waals surface area contributed by atoms with Crippen LogP contribution >= 0.6 is 0 Å². The quantitative estimate of drug-likeness (QED) is 0.668. The number of anilines is 1. The molecule has 148 valence electrons. The van der Waals surface area contributed by atoms with E-state index in [9.17, 15) is 21.6 Å². The number of sulfonamides is 1. The number of hydrogen-bond donors (Lipinski definition) is 1. The van der Waals surface area contributed by atoms with Gasteiger partial charge in [0.05, 0.1) is 24.1 Å². The van der Waals surface area contributed by atoms with Crippen molar-refractivity contribution in [2.75, 3.05) is 11.8 Å². The number of benzene rings is 2. The van der Waals surface area contributed by atoms with Gasteiger partial charge in [-0.05, 0) is 37.3 Å². The minimum absolute atomic E-state index is 0.0306. The molecule has 0 radical (unpaired) electrons. The van der Waals surface area contributed by atoms with Gasteiger partial charge >= 0.3 is 6.18 Å². The third-order valence-electron chi connectivity index (χ3n) is 3.84. The molecular weight excluding hydrogens is 397 g/mol. The number of nitrogens with zero attached hydrogens (tertiary/aromatic N) is 1. The number of halogens is 3. The molecule has 2 aromatic carbocycles. The van der Waals surface area contributed by atoms with Crippen molar-refractivity contribution < 1.29 is 30.8 Å². The summed E-state index contributed by atoms with van der Waals surface area (Å²) in [5, 5.41) is 3.74. The van der Waals surface area contributed by atoms with E-state index in [4.69, 9.17) is 9.26 Å². The van der Waals surface area contributed by atoms with Crippen LogP contribution in [-0.4, -0.2) is 20.7 Å². The number of aromatic nitrogens is 1. The molecule has 0 aliphatic heterocycles. The average Bonchev–Trinajstić information content (AvgIpc) is 3.07. The number of rotatable bonds is 5. The summed E-state index contributed by atoms with van der Waals surface area (Å²) >= 11 is 0. The number of nitrogens with one attached hydrogen (secondary N) is 1. The number of methoxy groups -OCH3 is 1. The summed E-state index contributed by atoms with van der Waals surface area (Å²) in [5.41, 5.74) is -0.712. The Hall–Kier alpha value is -3.01. The summed E-state index contributed by atoms with van der Waals surface area (Å²) in [5.74, 6) is 0.282. The van der Waals surface area contributed by atoms with Gasteiger partial charge in [0.1, 0.15) is 10.6 Å². The highest BCUT2D eigenvalue weighted by Gasteiger charge is 2.34. The molecule has 6 nitrogen and oxygen atoms in total. The van der Waals surface area contributed by atoms with Gasteiger partial charge < -0.3 is 9.26 Å². The summed E-state index contributed by atoms with van der Waals surface area (Å²) < 4.78 is 77.4. The van der Waals surface area contributed by atoms with Crippen LogP contribution in [0.15, 0.2) is 57.9 Å². The first-order valence-corrected chi connectivity index (χ1v) is 9.41. The summed E-state index contributed by atoms with van der Waals surface area (Å²) in [4.78, 5) is -0.335. The van der Waals surface area contributed by atoms with Crippen LogP contribution in [0.4, 0.5) is 18.9 Å². The lowest BCUT2D eigenvalue weighted by Gasteiger charge is -2.16. The molecule has 1 heterocycles. The second-order valence-corrected chi connectivity index (χ2v) is 7.50. The molecule has 0 spiro atoms. The van der Waals surface area contributed by atoms with E-state index in [0.717, 1.165) is 12.1 Å². The number of para-hydroxylation sites is 1. The molecule has 0 fully saturated rings. The highest BCUT2D eigenvalue weighted by atomic mass is 32.2. The number of alkyl halides is 3. The molecule has 0 saturated heterocycles. The predicted molar refractivity (Wildman–Crippen MR) is 95.5 cm³/mol. The summed E-state index contributed by atoms with van der Waals surface area (Å²) in [6.07, 6.45) is -4.72. The molecule has 1 aromatic heterocycles. The van der Waals surface area contributed by atoms with Crippen LogP contribution in [0.1, 0.15) is 11.3 Å². The standard InChI is InChI=1S/C18H15F3N2O4S/c1-11-9-16(27-22-11)12-7-8-15(26-2)17(10-12)28(24,25)23-14-6-4-3-5-13(14)18(19,20)21/h3-10,23H,1-2H3. The second kappa shape index (κ2) is 7.19. The molecule has 0 aliphatic rings. The molecule has 0 aliphatic carbocycles. The maximum absolute atomic E-state index is 13.2. The molecule has 0 atom stereocenters. The van der Waals surface area contributed by atoms with Gasteiger partial charge in [0.2, 0.25) is 0 Å². The Balaban J connectivity index is 2.07. The van der Waals surface area contributed by atoms with Crippen molar-refractivity contribution in [1.82, 2.24) is 5.16 Å². The Kier molecular flexibility index (Phi) is 5.07. The smallest absolute Gasteiger partial charge is 0.418 e. The molecule has 1 N–H and O–H groups in total. The first kappa shape index (κ1) is 19.7. The third kappa shape index (κ3) is 3.96. The monoisotopic (exact) mass is 412 g/mol. The summed E-state index contributed by atoms with van der Waals surface area (Å²) in [6, 6.07) is 10.1. The normalized spacial score (nSPS) is 12.0. The van der Waals surface area contributed by atoms with Crippen molar-refractivity contribution in [3.8, 4) is 17.1 Å². The van der Waals surface area contributed by atoms with Gasteiger partial charge in [0.15, 0.2) is 5.76 Å². The highest BCUT2D eigenvalue weighted by Crippen LogP contribution is 2.37. The van der Waals surface area contributed by atoms with Crippen molar-refractivity contribution in [3.63, 3.8) is 0 Å². The molecule has 3 aromatic rings. The Morgan fingerprint density at radius 1 is 1.11 bits per heavy atom. The van der Waals surface area contributed by atoms with E-state index in [0.29, 0.717) is 17.0 Å². The van der Waals surface area contributed by atoms with E-state index < -0.39 is 27.5 Å². The summed E-state index contributed by atoms with van der Waals surface area (Å²) in [6.45, 7) is 1.70. The molecule has 0 amide bonds. The van der Waals surface area contributed by atoms with E-state index in [2.05, 4.69) is 5.16 Å². The van der Waals surface area contributed by atoms with Gasteiger partial charge in [0, 0.05) is 11.6 Å². The first-order chi connectivity index (χ1) is 13.1. The summed E-state index contributed by atoms with van der Waals surface area (Å²) in [7, 11) is -3.14. The average molecular weight is 412 g/mol. The molecule has 28 heavy (non-hydrogen) atoms. The van der Waals surface area contributed by atoms with Crippen LogP contribution < -0.4 is 9.46 Å². The van der Waals surface area contributed by atoms with Gasteiger partial charge in [-0.25, -0.2) is 8.42 Å². The van der Waals surface area contributed by atoms with Gasteiger partial charge in [0.25, 0.3) is 10.0 Å². The van der Waals surface area contributed by atoms with Gasteiger partial charge in [-0.3, -0.25) is 4.72 Å². The maximum Gasteiger partial charge on any atom is 0.418 e. The lowest BCUT2D eigenvalue weighted by molar-refractivity contribution is -0.136. The van der Waals surface area contributed by atoms with E-state index in [1.165, 1.54) is 31.4 Å². The van der Waals surface area contributed by atoms with Gasteiger partial charge in [-0.1, -0.05) is 17.3 Å². The molecular formula is C18H15F3N2O4S. The lowest BCUT2D eigenvalue weighted by Crippen LogP contribution is -2.18. The largest absolute Gasteiger partial charge is 0.495 e. The Labute approximate surface area is 159 Å². The van der Waals surface area contributed by atoms with Crippen LogP contribution in [0.5, 0.6) is 5.75 Å².